The highest BCUT2D eigenvalue weighted by atomic mass is 35.5. The SMILES string of the molecule is CC(=O)N1CCN(CCS(=O)N2CCN(C(=O)COc3cc(Cl)c(Cl)cc3C#N)[C@@H](CN3CCCC3)C2)CC1. The Balaban J connectivity index is 1.34. The largest absolute Gasteiger partial charge is 0.482 e. The first-order chi connectivity index (χ1) is 18.7. The first-order valence-electron chi connectivity index (χ1n) is 13.4. The van der Waals surface area contributed by atoms with Crippen LogP contribution in [0.4, 0.5) is 0 Å². The number of nitrogens with zero attached hydrogens (tertiary/aromatic N) is 6. The van der Waals surface area contributed by atoms with Crippen LogP contribution in [0.3, 0.4) is 0 Å². The van der Waals surface area contributed by atoms with Crippen molar-refractivity contribution in [1.29, 1.82) is 5.26 Å². The molecule has 10 nitrogen and oxygen atoms in total. The average molecular weight is 600 g/mol. The van der Waals surface area contributed by atoms with Gasteiger partial charge in [-0.2, -0.15) is 5.26 Å². The molecule has 0 aliphatic carbocycles. The molecule has 3 fully saturated rings. The number of amides is 2. The summed E-state index contributed by atoms with van der Waals surface area (Å²) in [6.45, 7) is 9.32. The second-order valence-electron chi connectivity index (χ2n) is 10.2. The van der Waals surface area contributed by atoms with E-state index in [0.717, 1.165) is 45.6 Å². The van der Waals surface area contributed by atoms with Crippen LogP contribution in [0.1, 0.15) is 25.3 Å². The Morgan fingerprint density at radius 1 is 1.03 bits per heavy atom. The number of piperazine rings is 2. The molecule has 0 aromatic heterocycles. The van der Waals surface area contributed by atoms with Crippen LogP contribution in [0.5, 0.6) is 5.75 Å². The number of benzene rings is 1. The maximum absolute atomic E-state index is 13.3. The van der Waals surface area contributed by atoms with Crippen molar-refractivity contribution in [1.82, 2.24) is 23.9 Å². The summed E-state index contributed by atoms with van der Waals surface area (Å²) in [7, 11) is -1.16. The summed E-state index contributed by atoms with van der Waals surface area (Å²) in [5.41, 5.74) is 0.216. The fraction of sp³-hybridized carbons (Fsp3) is 0.654. The minimum absolute atomic E-state index is 0.0996. The van der Waals surface area contributed by atoms with Crippen molar-refractivity contribution in [2.24, 2.45) is 0 Å². The molecular weight excluding hydrogens is 563 g/mol. The number of ether oxygens (including phenoxy) is 1. The molecule has 3 heterocycles. The van der Waals surface area contributed by atoms with Gasteiger partial charge in [0.1, 0.15) is 11.8 Å². The van der Waals surface area contributed by atoms with E-state index in [4.69, 9.17) is 27.9 Å². The number of carbonyl (C=O) groups is 2. The molecule has 3 aliphatic rings. The highest BCUT2D eigenvalue weighted by Gasteiger charge is 2.34. The quantitative estimate of drug-likeness (QED) is 0.426. The van der Waals surface area contributed by atoms with Gasteiger partial charge in [0.2, 0.25) is 5.91 Å². The zero-order valence-electron chi connectivity index (χ0n) is 22.3. The van der Waals surface area contributed by atoms with Gasteiger partial charge in [-0.05, 0) is 32.0 Å². The molecule has 1 aromatic carbocycles. The van der Waals surface area contributed by atoms with Crippen molar-refractivity contribution in [3.8, 4) is 11.8 Å². The van der Waals surface area contributed by atoms with Crippen molar-refractivity contribution in [2.45, 2.75) is 25.8 Å². The summed E-state index contributed by atoms with van der Waals surface area (Å²) in [4.78, 5) is 33.2. The second kappa shape index (κ2) is 14.1. The zero-order valence-corrected chi connectivity index (χ0v) is 24.6. The van der Waals surface area contributed by atoms with Gasteiger partial charge in [0.05, 0.1) is 38.4 Å². The third-order valence-electron chi connectivity index (χ3n) is 7.62. The van der Waals surface area contributed by atoms with Crippen LogP contribution in [-0.2, 0) is 20.6 Å². The second-order valence-corrected chi connectivity index (χ2v) is 12.6. The van der Waals surface area contributed by atoms with Crippen molar-refractivity contribution in [2.75, 3.05) is 84.4 Å². The molecule has 2 atom stereocenters. The molecule has 0 N–H and O–H groups in total. The van der Waals surface area contributed by atoms with E-state index in [2.05, 4.69) is 9.80 Å². The van der Waals surface area contributed by atoms with E-state index in [9.17, 15) is 19.1 Å². The Morgan fingerprint density at radius 2 is 1.72 bits per heavy atom. The van der Waals surface area contributed by atoms with E-state index >= 15 is 0 Å². The number of hydrogen-bond donors (Lipinski definition) is 0. The van der Waals surface area contributed by atoms with Gasteiger partial charge in [-0.15, -0.1) is 0 Å². The first-order valence-corrected chi connectivity index (χ1v) is 15.4. The molecule has 2 amide bonds. The van der Waals surface area contributed by atoms with Crippen molar-refractivity contribution in [3.63, 3.8) is 0 Å². The Hall–Kier alpha value is -1.94. The molecule has 0 radical (unpaired) electrons. The molecule has 39 heavy (non-hydrogen) atoms. The monoisotopic (exact) mass is 598 g/mol. The zero-order chi connectivity index (χ0) is 27.9. The molecule has 0 spiro atoms. The van der Waals surface area contributed by atoms with Gasteiger partial charge in [-0.1, -0.05) is 23.2 Å². The summed E-state index contributed by atoms with van der Waals surface area (Å²) in [6.07, 6.45) is 2.29. The number of hydrogen-bond acceptors (Lipinski definition) is 7. The minimum atomic E-state index is -1.16. The minimum Gasteiger partial charge on any atom is -0.482 e. The number of halogens is 2. The summed E-state index contributed by atoms with van der Waals surface area (Å²) >= 11 is 12.1. The van der Waals surface area contributed by atoms with Crippen LogP contribution in [-0.4, -0.2) is 130 Å². The van der Waals surface area contributed by atoms with Crippen molar-refractivity contribution in [3.05, 3.63) is 27.7 Å². The van der Waals surface area contributed by atoms with Crippen molar-refractivity contribution >= 4 is 46.0 Å². The van der Waals surface area contributed by atoms with E-state index in [0.29, 0.717) is 45.0 Å². The lowest BCUT2D eigenvalue weighted by Gasteiger charge is -2.42. The Labute approximate surface area is 242 Å². The predicted octanol–water partition coefficient (Wildman–Crippen LogP) is 1.68. The number of rotatable bonds is 9. The molecule has 0 bridgehead atoms. The number of nitriles is 1. The maximum atomic E-state index is 13.3. The standard InChI is InChI=1S/C26H36Cl2N6O4S/c1-20(35)32-8-6-30(7-9-32)12-13-39(37)33-10-11-34(22(18-33)17-31-4-2-3-5-31)26(36)19-38-25-15-24(28)23(27)14-21(25)16-29/h14-15,22H,2-13,17-19H2,1H3/t22-,39?/m0/s1. The molecule has 0 saturated carbocycles. The topological polar surface area (TPSA) is 100 Å². The van der Waals surface area contributed by atoms with Crippen LogP contribution in [0, 0.1) is 11.3 Å². The third-order valence-corrected chi connectivity index (χ3v) is 9.78. The van der Waals surface area contributed by atoms with Gasteiger partial charge >= 0.3 is 0 Å². The highest BCUT2D eigenvalue weighted by molar-refractivity contribution is 7.82. The summed E-state index contributed by atoms with van der Waals surface area (Å²) in [5, 5.41) is 9.91. The summed E-state index contributed by atoms with van der Waals surface area (Å²) < 4.78 is 21.0. The number of likely N-dealkylation sites (tertiary alicyclic amines) is 1. The lowest BCUT2D eigenvalue weighted by Crippen LogP contribution is -2.60. The van der Waals surface area contributed by atoms with Crippen LogP contribution in [0.2, 0.25) is 10.0 Å². The molecule has 214 valence electrons. The molecule has 13 heteroatoms. The molecule has 1 aromatic rings. The summed E-state index contributed by atoms with van der Waals surface area (Å²) in [5.74, 6) is 0.674. The lowest BCUT2D eigenvalue weighted by molar-refractivity contribution is -0.138. The Morgan fingerprint density at radius 3 is 2.38 bits per heavy atom. The molecule has 4 rings (SSSR count). The maximum Gasteiger partial charge on any atom is 0.260 e. The molecular formula is C26H36Cl2N6O4S. The predicted molar refractivity (Wildman–Crippen MR) is 151 cm³/mol. The van der Waals surface area contributed by atoms with E-state index < -0.39 is 11.0 Å². The molecule has 3 saturated heterocycles. The average Bonchev–Trinajstić information content (AvgIpc) is 3.45. The fourth-order valence-electron chi connectivity index (χ4n) is 5.34. The van der Waals surface area contributed by atoms with Crippen LogP contribution >= 0.6 is 23.2 Å². The van der Waals surface area contributed by atoms with Gasteiger partial charge in [0.25, 0.3) is 5.91 Å². The Bertz CT molecular complexity index is 1100. The molecule has 1 unspecified atom stereocenters. The van der Waals surface area contributed by atoms with E-state index in [-0.39, 0.29) is 45.8 Å². The smallest absolute Gasteiger partial charge is 0.260 e. The van der Waals surface area contributed by atoms with E-state index in [1.165, 1.54) is 12.1 Å². The van der Waals surface area contributed by atoms with Gasteiger partial charge in [-0.3, -0.25) is 14.5 Å². The van der Waals surface area contributed by atoms with Gasteiger partial charge < -0.3 is 19.4 Å². The number of carbonyl (C=O) groups excluding carboxylic acids is 2. The first kappa shape index (κ1) is 30.0. The lowest BCUT2D eigenvalue weighted by atomic mass is 10.1. The fourth-order valence-corrected chi connectivity index (χ4v) is 6.95. The molecule has 3 aliphatic heterocycles. The summed E-state index contributed by atoms with van der Waals surface area (Å²) in [6, 6.07) is 4.80. The van der Waals surface area contributed by atoms with E-state index in [1.807, 2.05) is 20.2 Å². The van der Waals surface area contributed by atoms with Crippen LogP contribution in [0.25, 0.3) is 0 Å². The third kappa shape index (κ3) is 8.06. The van der Waals surface area contributed by atoms with E-state index in [1.54, 1.807) is 6.92 Å². The van der Waals surface area contributed by atoms with Gasteiger partial charge in [-0.25, -0.2) is 8.51 Å². The van der Waals surface area contributed by atoms with Crippen molar-refractivity contribution < 1.29 is 18.5 Å². The Kier molecular flexibility index (Phi) is 10.9. The normalized spacial score (nSPS) is 22.1. The van der Waals surface area contributed by atoms with Crippen LogP contribution in [0.15, 0.2) is 12.1 Å². The van der Waals surface area contributed by atoms with Gasteiger partial charge in [0, 0.05) is 71.9 Å². The highest BCUT2D eigenvalue weighted by Crippen LogP contribution is 2.30. The van der Waals surface area contributed by atoms with Crippen LogP contribution < -0.4 is 4.74 Å². The van der Waals surface area contributed by atoms with Gasteiger partial charge in [0.15, 0.2) is 6.61 Å².